The van der Waals surface area contributed by atoms with Crippen molar-refractivity contribution in [1.29, 1.82) is 0 Å². The van der Waals surface area contributed by atoms with Gasteiger partial charge in [-0.1, -0.05) is 17.7 Å². The van der Waals surface area contributed by atoms with Crippen molar-refractivity contribution in [3.05, 3.63) is 34.1 Å². The minimum atomic E-state index is -0.349. The van der Waals surface area contributed by atoms with Gasteiger partial charge in [-0.25, -0.2) is 4.39 Å². The minimum Gasteiger partial charge on any atom is -0.370 e. The maximum Gasteiger partial charge on any atom is 0.246 e. The monoisotopic (exact) mass is 285 g/mol. The molecule has 1 amide bonds. The van der Waals surface area contributed by atoms with Crippen LogP contribution in [0.1, 0.15) is 24.0 Å². The molecule has 0 saturated carbocycles. The molecular formula is C14H17ClFNO2. The van der Waals surface area contributed by atoms with Crippen molar-refractivity contribution >= 4 is 17.5 Å². The molecule has 0 aliphatic carbocycles. The molecule has 1 N–H and O–H groups in total. The molecule has 1 aromatic rings. The number of hydrogen-bond acceptors (Lipinski definition) is 2. The van der Waals surface area contributed by atoms with Gasteiger partial charge in [0.05, 0.1) is 17.7 Å². The largest absolute Gasteiger partial charge is 0.370 e. The molecule has 1 heterocycles. The smallest absolute Gasteiger partial charge is 0.246 e. The fraction of sp³-hybridized carbons (Fsp3) is 0.500. The van der Waals surface area contributed by atoms with Crippen molar-refractivity contribution in [2.75, 3.05) is 13.2 Å². The van der Waals surface area contributed by atoms with Gasteiger partial charge in [0.15, 0.2) is 0 Å². The van der Waals surface area contributed by atoms with Crippen LogP contribution in [0.2, 0.25) is 5.02 Å². The van der Waals surface area contributed by atoms with Gasteiger partial charge >= 0.3 is 0 Å². The predicted octanol–water partition coefficient (Wildman–Crippen LogP) is 2.63. The molecule has 3 nitrogen and oxygen atoms in total. The highest BCUT2D eigenvalue weighted by molar-refractivity contribution is 6.30. The van der Waals surface area contributed by atoms with Gasteiger partial charge in [-0.2, -0.15) is 0 Å². The van der Waals surface area contributed by atoms with Crippen LogP contribution in [0.3, 0.4) is 0 Å². The summed E-state index contributed by atoms with van der Waals surface area (Å²) in [7, 11) is 0. The van der Waals surface area contributed by atoms with Crippen LogP contribution in [0.5, 0.6) is 0 Å². The first-order valence-electron chi connectivity index (χ1n) is 6.38. The normalized spacial score (nSPS) is 19.3. The number of carbonyl (C=O) groups is 1. The second-order valence-corrected chi connectivity index (χ2v) is 5.29. The average molecular weight is 286 g/mol. The number of amides is 1. The zero-order valence-electron chi connectivity index (χ0n) is 10.8. The van der Waals surface area contributed by atoms with E-state index in [-0.39, 0.29) is 29.4 Å². The quantitative estimate of drug-likeness (QED) is 0.923. The van der Waals surface area contributed by atoms with Crippen LogP contribution in [0, 0.1) is 12.7 Å². The zero-order chi connectivity index (χ0) is 13.8. The highest BCUT2D eigenvalue weighted by Gasteiger charge is 2.18. The molecule has 1 atom stereocenters. The lowest BCUT2D eigenvalue weighted by molar-refractivity contribution is -0.131. The van der Waals surface area contributed by atoms with E-state index in [4.69, 9.17) is 16.3 Å². The third-order valence-electron chi connectivity index (χ3n) is 3.21. The third kappa shape index (κ3) is 3.91. The van der Waals surface area contributed by atoms with Gasteiger partial charge < -0.3 is 10.1 Å². The molecule has 1 aliphatic rings. The standard InChI is InChI=1S/C14H17ClFNO2/c1-9-5-10(6-12(15)14(9)16)3-2-4-11-7-19-8-13(18)17-11/h5-6,11H,2-4,7-8H2,1H3,(H,17,18)/t11-/m1/s1. The summed E-state index contributed by atoms with van der Waals surface area (Å²) in [6.45, 7) is 2.43. The summed E-state index contributed by atoms with van der Waals surface area (Å²) >= 11 is 5.81. The maximum absolute atomic E-state index is 13.4. The van der Waals surface area contributed by atoms with Gasteiger partial charge in [-0.3, -0.25) is 4.79 Å². The van der Waals surface area contributed by atoms with E-state index in [1.165, 1.54) is 0 Å². The van der Waals surface area contributed by atoms with Gasteiger partial charge in [-0.05, 0) is 43.4 Å². The summed E-state index contributed by atoms with van der Waals surface area (Å²) in [5, 5.41) is 3.06. The fourth-order valence-electron chi connectivity index (χ4n) is 2.25. The summed E-state index contributed by atoms with van der Waals surface area (Å²) < 4.78 is 18.5. The average Bonchev–Trinajstić information content (AvgIpc) is 2.36. The Bertz CT molecular complexity index is 456. The van der Waals surface area contributed by atoms with Crippen molar-refractivity contribution in [1.82, 2.24) is 5.32 Å². The first-order chi connectivity index (χ1) is 9.06. The second kappa shape index (κ2) is 6.35. The van der Waals surface area contributed by atoms with Crippen LogP contribution >= 0.6 is 11.6 Å². The van der Waals surface area contributed by atoms with E-state index in [1.54, 1.807) is 13.0 Å². The number of benzene rings is 1. The van der Waals surface area contributed by atoms with Crippen LogP contribution in [0.15, 0.2) is 12.1 Å². The summed E-state index contributed by atoms with van der Waals surface area (Å²) in [6, 6.07) is 3.56. The predicted molar refractivity (Wildman–Crippen MR) is 71.8 cm³/mol. The van der Waals surface area contributed by atoms with Crippen LogP contribution in [-0.4, -0.2) is 25.2 Å². The van der Waals surface area contributed by atoms with E-state index in [9.17, 15) is 9.18 Å². The van der Waals surface area contributed by atoms with E-state index >= 15 is 0 Å². The summed E-state index contributed by atoms with van der Waals surface area (Å²) in [5.74, 6) is -0.407. The fourth-order valence-corrected chi connectivity index (χ4v) is 2.54. The first kappa shape index (κ1) is 14.3. The Labute approximate surface area is 117 Å². The number of morpholine rings is 1. The molecule has 19 heavy (non-hydrogen) atoms. The second-order valence-electron chi connectivity index (χ2n) is 4.88. The molecule has 0 aromatic heterocycles. The van der Waals surface area contributed by atoms with Gasteiger partial charge in [0.2, 0.25) is 5.91 Å². The summed E-state index contributed by atoms with van der Waals surface area (Å²) in [6.07, 6.45) is 2.56. The molecule has 0 radical (unpaired) electrons. The molecule has 1 aromatic carbocycles. The van der Waals surface area contributed by atoms with Crippen molar-refractivity contribution in [2.24, 2.45) is 0 Å². The van der Waals surface area contributed by atoms with Crippen molar-refractivity contribution in [2.45, 2.75) is 32.2 Å². The summed E-state index contributed by atoms with van der Waals surface area (Å²) in [4.78, 5) is 11.1. The number of nitrogens with one attached hydrogen (secondary N) is 1. The molecule has 2 rings (SSSR count). The third-order valence-corrected chi connectivity index (χ3v) is 3.48. The van der Waals surface area contributed by atoms with Gasteiger partial charge in [-0.15, -0.1) is 0 Å². The van der Waals surface area contributed by atoms with E-state index < -0.39 is 0 Å². The highest BCUT2D eigenvalue weighted by atomic mass is 35.5. The molecule has 0 bridgehead atoms. The SMILES string of the molecule is Cc1cc(CCC[C@@H]2COCC(=O)N2)cc(Cl)c1F. The lowest BCUT2D eigenvalue weighted by atomic mass is 10.0. The molecular weight excluding hydrogens is 269 g/mol. The number of rotatable bonds is 4. The van der Waals surface area contributed by atoms with Gasteiger partial charge in [0.25, 0.3) is 0 Å². The van der Waals surface area contributed by atoms with Gasteiger partial charge in [0.1, 0.15) is 12.4 Å². The van der Waals surface area contributed by atoms with Crippen LogP contribution in [0.4, 0.5) is 4.39 Å². The summed E-state index contributed by atoms with van der Waals surface area (Å²) in [5.41, 5.74) is 1.59. The van der Waals surface area contributed by atoms with Crippen molar-refractivity contribution in [3.63, 3.8) is 0 Å². The highest BCUT2D eigenvalue weighted by Crippen LogP contribution is 2.21. The molecule has 1 saturated heterocycles. The van der Waals surface area contributed by atoms with Crippen molar-refractivity contribution < 1.29 is 13.9 Å². The van der Waals surface area contributed by atoms with Crippen LogP contribution in [0.25, 0.3) is 0 Å². The minimum absolute atomic E-state index is 0.0584. The van der Waals surface area contributed by atoms with Crippen molar-refractivity contribution in [3.8, 4) is 0 Å². The van der Waals surface area contributed by atoms with E-state index in [0.717, 1.165) is 24.8 Å². The number of hydrogen-bond donors (Lipinski definition) is 1. The Morgan fingerprint density at radius 2 is 2.32 bits per heavy atom. The number of carbonyl (C=O) groups excluding carboxylic acids is 1. The Morgan fingerprint density at radius 3 is 3.00 bits per heavy atom. The Balaban J connectivity index is 1.84. The lowest BCUT2D eigenvalue weighted by Crippen LogP contribution is -2.45. The van der Waals surface area contributed by atoms with Crippen LogP contribution in [-0.2, 0) is 16.0 Å². The Hall–Kier alpha value is -1.13. The molecule has 0 unspecified atom stereocenters. The maximum atomic E-state index is 13.4. The number of aryl methyl sites for hydroxylation is 2. The molecule has 0 spiro atoms. The number of ether oxygens (including phenoxy) is 1. The van der Waals surface area contributed by atoms with Gasteiger partial charge in [0, 0.05) is 0 Å². The zero-order valence-corrected chi connectivity index (χ0v) is 11.6. The van der Waals surface area contributed by atoms with E-state index in [0.29, 0.717) is 12.2 Å². The molecule has 1 fully saturated rings. The topological polar surface area (TPSA) is 38.3 Å². The van der Waals surface area contributed by atoms with Crippen LogP contribution < -0.4 is 5.32 Å². The Morgan fingerprint density at radius 1 is 1.53 bits per heavy atom. The lowest BCUT2D eigenvalue weighted by Gasteiger charge is -2.23. The first-order valence-corrected chi connectivity index (χ1v) is 6.75. The van der Waals surface area contributed by atoms with E-state index in [1.807, 2.05) is 6.07 Å². The van der Waals surface area contributed by atoms with E-state index in [2.05, 4.69) is 5.32 Å². The number of halogens is 2. The molecule has 1 aliphatic heterocycles. The Kier molecular flexibility index (Phi) is 4.77. The molecule has 104 valence electrons. The molecule has 5 heteroatoms.